The summed E-state index contributed by atoms with van der Waals surface area (Å²) in [6.07, 6.45) is 6.81. The summed E-state index contributed by atoms with van der Waals surface area (Å²) in [7, 11) is 1.54. The van der Waals surface area contributed by atoms with E-state index in [2.05, 4.69) is 15.3 Å². The summed E-state index contributed by atoms with van der Waals surface area (Å²) < 4.78 is 6.85. The molecule has 0 unspecified atom stereocenters. The highest BCUT2D eigenvalue weighted by molar-refractivity contribution is 6.04. The van der Waals surface area contributed by atoms with Gasteiger partial charge in [-0.2, -0.15) is 0 Å². The zero-order chi connectivity index (χ0) is 15.4. The van der Waals surface area contributed by atoms with Crippen molar-refractivity contribution >= 4 is 11.6 Å². The van der Waals surface area contributed by atoms with Gasteiger partial charge in [0.15, 0.2) is 0 Å². The molecule has 0 saturated heterocycles. The number of carbonyl (C=O) groups excluding carboxylic acids is 1. The molecule has 0 bridgehead atoms. The number of nitrogens with one attached hydrogen (secondary N) is 1. The summed E-state index contributed by atoms with van der Waals surface area (Å²) in [5.41, 5.74) is 2.13. The van der Waals surface area contributed by atoms with Gasteiger partial charge in [-0.3, -0.25) is 4.79 Å². The fourth-order valence-corrected chi connectivity index (χ4v) is 1.98. The molecule has 0 fully saturated rings. The van der Waals surface area contributed by atoms with E-state index in [1.54, 1.807) is 50.1 Å². The van der Waals surface area contributed by atoms with E-state index in [0.29, 0.717) is 17.1 Å². The van der Waals surface area contributed by atoms with Gasteiger partial charge in [-0.05, 0) is 30.3 Å². The molecule has 0 atom stereocenters. The maximum Gasteiger partial charge on any atom is 0.255 e. The van der Waals surface area contributed by atoms with Crippen LogP contribution in [0.2, 0.25) is 0 Å². The number of benzene rings is 1. The molecule has 1 amide bonds. The molecule has 2 heterocycles. The van der Waals surface area contributed by atoms with Crippen LogP contribution in [0.4, 0.5) is 5.69 Å². The third kappa shape index (κ3) is 2.95. The summed E-state index contributed by atoms with van der Waals surface area (Å²) >= 11 is 0. The molecule has 1 aromatic carbocycles. The molecule has 0 radical (unpaired) electrons. The van der Waals surface area contributed by atoms with E-state index in [0.717, 1.165) is 5.69 Å². The van der Waals surface area contributed by atoms with Crippen LogP contribution < -0.4 is 10.1 Å². The summed E-state index contributed by atoms with van der Waals surface area (Å²) in [6, 6.07) is 10.7. The molecule has 0 aliphatic heterocycles. The van der Waals surface area contributed by atoms with Crippen molar-refractivity contribution in [2.75, 3.05) is 12.4 Å². The molecule has 0 spiro atoms. The van der Waals surface area contributed by atoms with E-state index in [1.165, 1.54) is 0 Å². The van der Waals surface area contributed by atoms with Crippen molar-refractivity contribution in [2.45, 2.75) is 0 Å². The average Bonchev–Trinajstić information content (AvgIpc) is 3.10. The van der Waals surface area contributed by atoms with Crippen molar-refractivity contribution < 1.29 is 9.53 Å². The Morgan fingerprint density at radius 1 is 1.18 bits per heavy atom. The Bertz CT molecular complexity index is 750. The van der Waals surface area contributed by atoms with Gasteiger partial charge in [0, 0.05) is 29.7 Å². The normalized spacial score (nSPS) is 10.2. The highest BCUT2D eigenvalue weighted by Crippen LogP contribution is 2.14. The van der Waals surface area contributed by atoms with Crippen LogP contribution in [0.15, 0.2) is 61.3 Å². The van der Waals surface area contributed by atoms with Crippen LogP contribution in [0.5, 0.6) is 5.88 Å². The van der Waals surface area contributed by atoms with Crippen molar-refractivity contribution in [3.05, 3.63) is 66.9 Å². The minimum atomic E-state index is -0.191. The Morgan fingerprint density at radius 3 is 2.59 bits per heavy atom. The smallest absolute Gasteiger partial charge is 0.255 e. The van der Waals surface area contributed by atoms with E-state index < -0.39 is 0 Å². The topological polar surface area (TPSA) is 69.0 Å². The zero-order valence-corrected chi connectivity index (χ0v) is 11.9. The Labute approximate surface area is 127 Å². The van der Waals surface area contributed by atoms with Gasteiger partial charge in [0.1, 0.15) is 0 Å². The number of anilines is 1. The van der Waals surface area contributed by atoms with E-state index in [1.807, 2.05) is 22.9 Å². The number of rotatable bonds is 4. The van der Waals surface area contributed by atoms with Crippen molar-refractivity contribution in [1.82, 2.24) is 14.5 Å². The monoisotopic (exact) mass is 294 g/mol. The van der Waals surface area contributed by atoms with E-state index in [-0.39, 0.29) is 5.91 Å². The fraction of sp³-hybridized carbons (Fsp3) is 0.0625. The second-order valence-corrected chi connectivity index (χ2v) is 4.56. The molecular weight excluding hydrogens is 280 g/mol. The molecule has 3 rings (SSSR count). The van der Waals surface area contributed by atoms with Crippen molar-refractivity contribution in [3.8, 4) is 11.6 Å². The van der Waals surface area contributed by atoms with Gasteiger partial charge in [-0.15, -0.1) is 0 Å². The molecular formula is C16H14N4O2. The zero-order valence-electron chi connectivity index (χ0n) is 11.9. The first-order valence-electron chi connectivity index (χ1n) is 6.66. The Hall–Kier alpha value is -3.15. The highest BCUT2D eigenvalue weighted by Gasteiger charge is 2.07. The minimum Gasteiger partial charge on any atom is -0.481 e. The van der Waals surface area contributed by atoms with Crippen molar-refractivity contribution in [3.63, 3.8) is 0 Å². The number of aromatic nitrogens is 3. The molecule has 22 heavy (non-hydrogen) atoms. The summed E-state index contributed by atoms with van der Waals surface area (Å²) in [5, 5.41) is 2.79. The molecule has 0 aliphatic carbocycles. The lowest BCUT2D eigenvalue weighted by molar-refractivity contribution is 0.102. The Balaban J connectivity index is 1.71. The van der Waals surface area contributed by atoms with E-state index in [9.17, 15) is 4.79 Å². The Kier molecular flexibility index (Phi) is 3.82. The van der Waals surface area contributed by atoms with Gasteiger partial charge >= 0.3 is 0 Å². The van der Waals surface area contributed by atoms with Gasteiger partial charge in [-0.25, -0.2) is 9.97 Å². The van der Waals surface area contributed by atoms with Gasteiger partial charge in [0.2, 0.25) is 5.88 Å². The highest BCUT2D eigenvalue weighted by atomic mass is 16.5. The number of imidazole rings is 1. The summed E-state index contributed by atoms with van der Waals surface area (Å²) in [6.45, 7) is 0. The molecule has 3 aromatic rings. The molecule has 2 aromatic heterocycles. The van der Waals surface area contributed by atoms with Gasteiger partial charge in [-0.1, -0.05) is 0 Å². The standard InChI is InChI=1S/C16H14N4O2/c1-22-15-7-4-13(10-18-15)19-16(21)12-2-5-14(6-3-12)20-9-8-17-11-20/h2-11H,1H3,(H,19,21). The minimum absolute atomic E-state index is 0.191. The molecule has 110 valence electrons. The number of carbonyl (C=O) groups is 1. The fourth-order valence-electron chi connectivity index (χ4n) is 1.98. The van der Waals surface area contributed by atoms with Crippen molar-refractivity contribution in [2.24, 2.45) is 0 Å². The van der Waals surface area contributed by atoms with Crippen LogP contribution in [0.3, 0.4) is 0 Å². The predicted molar refractivity (Wildman–Crippen MR) is 82.3 cm³/mol. The molecule has 0 saturated carbocycles. The third-order valence-electron chi connectivity index (χ3n) is 3.14. The first-order valence-corrected chi connectivity index (χ1v) is 6.66. The Morgan fingerprint density at radius 2 is 2.00 bits per heavy atom. The van der Waals surface area contributed by atoms with Crippen molar-refractivity contribution in [1.29, 1.82) is 0 Å². The third-order valence-corrected chi connectivity index (χ3v) is 3.14. The number of hydrogen-bond acceptors (Lipinski definition) is 4. The number of hydrogen-bond donors (Lipinski definition) is 1. The lowest BCUT2D eigenvalue weighted by Gasteiger charge is -2.07. The quantitative estimate of drug-likeness (QED) is 0.802. The molecule has 6 heteroatoms. The summed E-state index contributed by atoms with van der Waals surface area (Å²) in [5.74, 6) is 0.312. The van der Waals surface area contributed by atoms with Gasteiger partial charge in [0.05, 0.1) is 25.3 Å². The van der Waals surface area contributed by atoms with Crippen LogP contribution in [-0.2, 0) is 0 Å². The largest absolute Gasteiger partial charge is 0.481 e. The van der Waals surface area contributed by atoms with Gasteiger partial charge < -0.3 is 14.6 Å². The van der Waals surface area contributed by atoms with Crippen LogP contribution in [-0.4, -0.2) is 27.6 Å². The average molecular weight is 294 g/mol. The second kappa shape index (κ2) is 6.09. The first kappa shape index (κ1) is 13.8. The summed E-state index contributed by atoms with van der Waals surface area (Å²) in [4.78, 5) is 20.2. The van der Waals surface area contributed by atoms with Crippen LogP contribution in [0, 0.1) is 0 Å². The number of amides is 1. The number of methoxy groups -OCH3 is 1. The SMILES string of the molecule is COc1ccc(NC(=O)c2ccc(-n3ccnc3)cc2)cn1. The molecule has 6 nitrogen and oxygen atoms in total. The number of pyridine rings is 1. The van der Waals surface area contributed by atoms with E-state index in [4.69, 9.17) is 4.74 Å². The maximum atomic E-state index is 12.2. The number of nitrogens with zero attached hydrogens (tertiary/aromatic N) is 3. The predicted octanol–water partition coefficient (Wildman–Crippen LogP) is 2.53. The maximum absolute atomic E-state index is 12.2. The van der Waals surface area contributed by atoms with Gasteiger partial charge in [0.25, 0.3) is 5.91 Å². The lowest BCUT2D eigenvalue weighted by atomic mass is 10.2. The van der Waals surface area contributed by atoms with Crippen LogP contribution in [0.1, 0.15) is 10.4 Å². The molecule has 1 N–H and O–H groups in total. The lowest BCUT2D eigenvalue weighted by Crippen LogP contribution is -2.12. The van der Waals surface area contributed by atoms with E-state index >= 15 is 0 Å². The number of ether oxygens (including phenoxy) is 1. The second-order valence-electron chi connectivity index (χ2n) is 4.56. The molecule has 0 aliphatic rings. The van der Waals surface area contributed by atoms with Crippen LogP contribution in [0.25, 0.3) is 5.69 Å². The first-order chi connectivity index (χ1) is 10.8. The van der Waals surface area contributed by atoms with Crippen LogP contribution >= 0.6 is 0 Å².